The number of nitrogens with zero attached hydrogens (tertiary/aromatic N) is 1. The molecule has 0 radical (unpaired) electrons. The lowest BCUT2D eigenvalue weighted by Gasteiger charge is -2.46. The summed E-state index contributed by atoms with van der Waals surface area (Å²) in [4.78, 5) is 2.50. The first kappa shape index (κ1) is 12.4. The summed E-state index contributed by atoms with van der Waals surface area (Å²) in [5.41, 5.74) is 1.79. The Kier molecular flexibility index (Phi) is 3.43. The van der Waals surface area contributed by atoms with Gasteiger partial charge in [0, 0.05) is 19.6 Å². The van der Waals surface area contributed by atoms with Crippen LogP contribution in [0.15, 0.2) is 24.3 Å². The van der Waals surface area contributed by atoms with Gasteiger partial charge in [-0.25, -0.2) is 0 Å². The topological polar surface area (TPSA) is 12.5 Å². The lowest BCUT2D eigenvalue weighted by Crippen LogP contribution is -2.51. The molecule has 1 fully saturated rings. The smallest absolute Gasteiger partial charge is 0.119 e. The van der Waals surface area contributed by atoms with E-state index >= 15 is 0 Å². The molecule has 0 aliphatic carbocycles. The van der Waals surface area contributed by atoms with Crippen molar-refractivity contribution in [2.45, 2.75) is 27.3 Å². The number of hydrogen-bond acceptors (Lipinski definition) is 2. The Labute approximate surface area is 105 Å². The molecule has 0 N–H and O–H groups in total. The summed E-state index contributed by atoms with van der Waals surface area (Å²) < 4.78 is 5.24. The molecule has 17 heavy (non-hydrogen) atoms. The Hall–Kier alpha value is -1.02. The van der Waals surface area contributed by atoms with Crippen LogP contribution in [0.3, 0.4) is 0 Å². The van der Waals surface area contributed by atoms with Gasteiger partial charge in [0.25, 0.3) is 0 Å². The van der Waals surface area contributed by atoms with Crippen molar-refractivity contribution in [3.05, 3.63) is 29.8 Å². The third kappa shape index (κ3) is 3.01. The van der Waals surface area contributed by atoms with Crippen LogP contribution < -0.4 is 4.74 Å². The molecule has 1 aliphatic rings. The minimum Gasteiger partial charge on any atom is -0.497 e. The minimum atomic E-state index is 0.449. The average molecular weight is 233 g/mol. The van der Waals surface area contributed by atoms with Crippen molar-refractivity contribution >= 4 is 0 Å². The first-order valence-corrected chi connectivity index (χ1v) is 6.34. The van der Waals surface area contributed by atoms with Gasteiger partial charge >= 0.3 is 0 Å². The van der Waals surface area contributed by atoms with E-state index in [0.29, 0.717) is 5.41 Å². The summed E-state index contributed by atoms with van der Waals surface area (Å²) in [5.74, 6) is 1.79. The van der Waals surface area contributed by atoms with E-state index in [0.717, 1.165) is 18.2 Å². The normalized spacial score (nSPS) is 17.9. The highest BCUT2D eigenvalue weighted by molar-refractivity contribution is 5.28. The molecule has 2 rings (SSSR count). The standard InChI is InChI=1S/C15H23NO/c1-15(2,3)13-10-16(11-13)9-12-6-5-7-14(8-12)17-4/h5-8,13H,9-11H2,1-4H3. The number of benzene rings is 1. The third-order valence-electron chi connectivity index (χ3n) is 3.72. The highest BCUT2D eigenvalue weighted by Crippen LogP contribution is 2.34. The van der Waals surface area contributed by atoms with Gasteiger partial charge in [0.1, 0.15) is 5.75 Å². The van der Waals surface area contributed by atoms with E-state index in [2.05, 4.69) is 43.9 Å². The summed E-state index contributed by atoms with van der Waals surface area (Å²) in [5, 5.41) is 0. The molecule has 1 heterocycles. The molecular formula is C15H23NO. The summed E-state index contributed by atoms with van der Waals surface area (Å²) in [6, 6.07) is 8.37. The molecule has 0 saturated carbocycles. The van der Waals surface area contributed by atoms with Crippen LogP contribution in [0.2, 0.25) is 0 Å². The van der Waals surface area contributed by atoms with Gasteiger partial charge < -0.3 is 4.74 Å². The Balaban J connectivity index is 1.87. The zero-order valence-corrected chi connectivity index (χ0v) is 11.4. The largest absolute Gasteiger partial charge is 0.497 e. The van der Waals surface area contributed by atoms with Crippen LogP contribution in [0.4, 0.5) is 0 Å². The maximum atomic E-state index is 5.24. The van der Waals surface area contributed by atoms with Crippen LogP contribution in [0, 0.1) is 11.3 Å². The summed E-state index contributed by atoms with van der Waals surface area (Å²) in [7, 11) is 1.72. The molecule has 1 aromatic carbocycles. The lowest BCUT2D eigenvalue weighted by molar-refractivity contribution is 0.0189. The molecule has 2 nitrogen and oxygen atoms in total. The zero-order valence-electron chi connectivity index (χ0n) is 11.4. The highest BCUT2D eigenvalue weighted by Gasteiger charge is 2.35. The lowest BCUT2D eigenvalue weighted by atomic mass is 9.76. The molecule has 2 heteroatoms. The fourth-order valence-electron chi connectivity index (χ4n) is 2.28. The van der Waals surface area contributed by atoms with E-state index in [4.69, 9.17) is 4.74 Å². The summed E-state index contributed by atoms with van der Waals surface area (Å²) in [6.07, 6.45) is 0. The maximum absolute atomic E-state index is 5.24. The van der Waals surface area contributed by atoms with Crippen LogP contribution in [0.25, 0.3) is 0 Å². The molecule has 1 aliphatic heterocycles. The van der Waals surface area contributed by atoms with Crippen molar-refractivity contribution in [2.75, 3.05) is 20.2 Å². The second kappa shape index (κ2) is 4.69. The van der Waals surface area contributed by atoms with Gasteiger partial charge in [-0.2, -0.15) is 0 Å². The first-order chi connectivity index (χ1) is 7.99. The second-order valence-electron chi connectivity index (χ2n) is 6.11. The number of hydrogen-bond donors (Lipinski definition) is 0. The van der Waals surface area contributed by atoms with Crippen molar-refractivity contribution < 1.29 is 4.74 Å². The van der Waals surface area contributed by atoms with Crippen molar-refractivity contribution in [1.82, 2.24) is 4.90 Å². The van der Waals surface area contributed by atoms with Crippen molar-refractivity contribution in [3.63, 3.8) is 0 Å². The van der Waals surface area contributed by atoms with Gasteiger partial charge in [-0.05, 0) is 29.0 Å². The predicted octanol–water partition coefficient (Wildman–Crippen LogP) is 3.17. The van der Waals surface area contributed by atoms with Gasteiger partial charge in [-0.3, -0.25) is 4.90 Å². The molecule has 1 saturated heterocycles. The predicted molar refractivity (Wildman–Crippen MR) is 71.2 cm³/mol. The van der Waals surface area contributed by atoms with Gasteiger partial charge in [0.2, 0.25) is 0 Å². The molecule has 0 aromatic heterocycles. The van der Waals surface area contributed by atoms with Crippen LogP contribution in [-0.4, -0.2) is 25.1 Å². The van der Waals surface area contributed by atoms with Gasteiger partial charge in [-0.1, -0.05) is 32.9 Å². The Bertz CT molecular complexity index is 375. The Morgan fingerprint density at radius 1 is 1.29 bits per heavy atom. The van der Waals surface area contributed by atoms with Gasteiger partial charge in [0.15, 0.2) is 0 Å². The van der Waals surface area contributed by atoms with Gasteiger partial charge in [0.05, 0.1) is 7.11 Å². The first-order valence-electron chi connectivity index (χ1n) is 6.34. The van der Waals surface area contributed by atoms with Crippen molar-refractivity contribution in [2.24, 2.45) is 11.3 Å². The molecule has 0 amide bonds. The summed E-state index contributed by atoms with van der Waals surface area (Å²) >= 11 is 0. The molecule has 0 bridgehead atoms. The molecule has 0 unspecified atom stereocenters. The van der Waals surface area contributed by atoms with E-state index in [-0.39, 0.29) is 0 Å². The van der Waals surface area contributed by atoms with Gasteiger partial charge in [-0.15, -0.1) is 0 Å². The minimum absolute atomic E-state index is 0.449. The SMILES string of the molecule is COc1cccc(CN2CC(C(C)(C)C)C2)c1. The Morgan fingerprint density at radius 2 is 2.00 bits per heavy atom. The Morgan fingerprint density at radius 3 is 2.59 bits per heavy atom. The van der Waals surface area contributed by atoms with E-state index in [1.54, 1.807) is 7.11 Å². The van der Waals surface area contributed by atoms with E-state index < -0.39 is 0 Å². The maximum Gasteiger partial charge on any atom is 0.119 e. The second-order valence-corrected chi connectivity index (χ2v) is 6.11. The van der Waals surface area contributed by atoms with Crippen molar-refractivity contribution in [3.8, 4) is 5.75 Å². The van der Waals surface area contributed by atoms with E-state index in [1.807, 2.05) is 6.07 Å². The van der Waals surface area contributed by atoms with Crippen LogP contribution >= 0.6 is 0 Å². The monoisotopic (exact) mass is 233 g/mol. The molecule has 0 atom stereocenters. The highest BCUT2D eigenvalue weighted by atomic mass is 16.5. The number of likely N-dealkylation sites (tertiary alicyclic amines) is 1. The zero-order chi connectivity index (χ0) is 12.5. The number of rotatable bonds is 3. The quantitative estimate of drug-likeness (QED) is 0.795. The molecule has 1 aromatic rings. The molecule has 0 spiro atoms. The number of methoxy groups -OCH3 is 1. The van der Waals surface area contributed by atoms with Crippen molar-refractivity contribution in [1.29, 1.82) is 0 Å². The third-order valence-corrected chi connectivity index (χ3v) is 3.72. The fraction of sp³-hybridized carbons (Fsp3) is 0.600. The summed E-state index contributed by atoms with van der Waals surface area (Å²) in [6.45, 7) is 10.5. The van der Waals surface area contributed by atoms with Crippen LogP contribution in [0.5, 0.6) is 5.75 Å². The van der Waals surface area contributed by atoms with E-state index in [9.17, 15) is 0 Å². The fourth-order valence-corrected chi connectivity index (χ4v) is 2.28. The molecular weight excluding hydrogens is 210 g/mol. The van der Waals surface area contributed by atoms with Crippen LogP contribution in [-0.2, 0) is 6.54 Å². The van der Waals surface area contributed by atoms with Crippen LogP contribution in [0.1, 0.15) is 26.3 Å². The average Bonchev–Trinajstić information content (AvgIpc) is 2.21. The molecule has 94 valence electrons. The van der Waals surface area contributed by atoms with E-state index in [1.165, 1.54) is 18.7 Å². The number of ether oxygens (including phenoxy) is 1.